The number of nitrogens with one attached hydrogen (secondary N) is 2. The number of rotatable bonds is 7. The third kappa shape index (κ3) is 3.89. The van der Waals surface area contributed by atoms with Crippen molar-refractivity contribution in [2.75, 3.05) is 13.2 Å². The van der Waals surface area contributed by atoms with E-state index >= 15 is 0 Å². The molecule has 0 bridgehead atoms. The quantitative estimate of drug-likeness (QED) is 0.692. The predicted octanol–water partition coefficient (Wildman–Crippen LogP) is 0.465. The van der Waals surface area contributed by atoms with Gasteiger partial charge in [-0.1, -0.05) is 12.1 Å². The minimum absolute atomic E-state index is 0.0501. The van der Waals surface area contributed by atoms with E-state index in [0.29, 0.717) is 19.4 Å². The SMILES string of the molecule is O=S(=O)(NCCc1cnc[nH]1)c1ccc(CCO)cc1. The number of imidazole rings is 1. The number of aliphatic hydroxyl groups is 1. The van der Waals surface area contributed by atoms with Gasteiger partial charge in [-0.05, 0) is 24.1 Å². The summed E-state index contributed by atoms with van der Waals surface area (Å²) in [7, 11) is -3.49. The summed E-state index contributed by atoms with van der Waals surface area (Å²) in [5, 5.41) is 8.82. The molecule has 0 atom stereocenters. The van der Waals surface area contributed by atoms with Gasteiger partial charge in [0.25, 0.3) is 0 Å². The number of H-pyrrole nitrogens is 1. The minimum Gasteiger partial charge on any atom is -0.396 e. The number of aromatic amines is 1. The van der Waals surface area contributed by atoms with Gasteiger partial charge in [-0.15, -0.1) is 0 Å². The lowest BCUT2D eigenvalue weighted by Crippen LogP contribution is -2.26. The van der Waals surface area contributed by atoms with Gasteiger partial charge in [0.2, 0.25) is 10.0 Å². The Morgan fingerprint density at radius 1 is 1.20 bits per heavy atom. The van der Waals surface area contributed by atoms with E-state index in [4.69, 9.17) is 5.11 Å². The lowest BCUT2D eigenvalue weighted by Gasteiger charge is -2.07. The van der Waals surface area contributed by atoms with Crippen molar-refractivity contribution in [2.45, 2.75) is 17.7 Å². The van der Waals surface area contributed by atoms with Crippen molar-refractivity contribution >= 4 is 10.0 Å². The zero-order valence-electron chi connectivity index (χ0n) is 10.9. The van der Waals surface area contributed by atoms with Gasteiger partial charge in [0.1, 0.15) is 0 Å². The van der Waals surface area contributed by atoms with Gasteiger partial charge in [0, 0.05) is 31.5 Å². The molecule has 0 radical (unpaired) electrons. The van der Waals surface area contributed by atoms with Gasteiger partial charge in [-0.3, -0.25) is 0 Å². The molecule has 20 heavy (non-hydrogen) atoms. The van der Waals surface area contributed by atoms with E-state index in [-0.39, 0.29) is 11.5 Å². The van der Waals surface area contributed by atoms with Crippen molar-refractivity contribution in [1.82, 2.24) is 14.7 Å². The standard InChI is InChI=1S/C13H17N3O3S/c17-8-6-11-1-3-13(4-2-11)20(18,19)16-7-5-12-9-14-10-15-12/h1-4,9-10,16-17H,5-8H2,(H,14,15). The molecule has 7 heteroatoms. The summed E-state index contributed by atoms with van der Waals surface area (Å²) in [5.41, 5.74) is 1.79. The monoisotopic (exact) mass is 295 g/mol. The molecule has 108 valence electrons. The topological polar surface area (TPSA) is 95.1 Å². The summed E-state index contributed by atoms with van der Waals surface area (Å²) in [6, 6.07) is 6.51. The van der Waals surface area contributed by atoms with E-state index in [1.54, 1.807) is 36.8 Å². The van der Waals surface area contributed by atoms with Crippen LogP contribution in [0.2, 0.25) is 0 Å². The Hall–Kier alpha value is -1.70. The van der Waals surface area contributed by atoms with Crippen LogP contribution in [0.15, 0.2) is 41.7 Å². The van der Waals surface area contributed by atoms with Crippen molar-refractivity contribution in [1.29, 1.82) is 0 Å². The maximum atomic E-state index is 12.0. The van der Waals surface area contributed by atoms with Crippen molar-refractivity contribution in [2.24, 2.45) is 0 Å². The minimum atomic E-state index is -3.49. The van der Waals surface area contributed by atoms with Crippen molar-refractivity contribution < 1.29 is 13.5 Å². The highest BCUT2D eigenvalue weighted by Crippen LogP contribution is 2.10. The second kappa shape index (κ2) is 6.65. The zero-order valence-corrected chi connectivity index (χ0v) is 11.7. The van der Waals surface area contributed by atoms with Crippen LogP contribution in [0.25, 0.3) is 0 Å². The predicted molar refractivity (Wildman–Crippen MR) is 74.7 cm³/mol. The smallest absolute Gasteiger partial charge is 0.240 e. The second-order valence-electron chi connectivity index (χ2n) is 4.34. The van der Waals surface area contributed by atoms with Crippen LogP contribution in [-0.4, -0.2) is 36.6 Å². The fraction of sp³-hybridized carbons (Fsp3) is 0.308. The molecule has 0 saturated carbocycles. The second-order valence-corrected chi connectivity index (χ2v) is 6.11. The Labute approximate surface area is 117 Å². The number of nitrogens with zero attached hydrogens (tertiary/aromatic N) is 1. The molecule has 1 heterocycles. The van der Waals surface area contributed by atoms with E-state index in [1.807, 2.05) is 0 Å². The first kappa shape index (κ1) is 14.7. The Morgan fingerprint density at radius 3 is 2.55 bits per heavy atom. The molecule has 3 N–H and O–H groups in total. The van der Waals surface area contributed by atoms with Crippen molar-refractivity contribution in [3.8, 4) is 0 Å². The molecular formula is C13H17N3O3S. The Bertz CT molecular complexity index is 621. The average Bonchev–Trinajstić information content (AvgIpc) is 2.93. The first-order chi connectivity index (χ1) is 9.62. The molecule has 0 spiro atoms. The van der Waals surface area contributed by atoms with E-state index in [2.05, 4.69) is 14.7 Å². The van der Waals surface area contributed by atoms with Crippen molar-refractivity contribution in [3.63, 3.8) is 0 Å². The molecule has 1 aromatic heterocycles. The van der Waals surface area contributed by atoms with Gasteiger partial charge in [0.05, 0.1) is 11.2 Å². The van der Waals surface area contributed by atoms with Gasteiger partial charge >= 0.3 is 0 Å². The normalized spacial score (nSPS) is 11.7. The highest BCUT2D eigenvalue weighted by atomic mass is 32.2. The average molecular weight is 295 g/mol. The maximum Gasteiger partial charge on any atom is 0.240 e. The molecule has 0 saturated heterocycles. The molecule has 0 fully saturated rings. The molecule has 6 nitrogen and oxygen atoms in total. The van der Waals surface area contributed by atoms with E-state index in [1.165, 1.54) is 0 Å². The third-order valence-electron chi connectivity index (χ3n) is 2.88. The van der Waals surface area contributed by atoms with E-state index in [9.17, 15) is 8.42 Å². The van der Waals surface area contributed by atoms with Gasteiger partial charge in [-0.25, -0.2) is 18.1 Å². The highest BCUT2D eigenvalue weighted by molar-refractivity contribution is 7.89. The van der Waals surface area contributed by atoms with Crippen molar-refractivity contribution in [3.05, 3.63) is 48.0 Å². The highest BCUT2D eigenvalue weighted by Gasteiger charge is 2.13. The summed E-state index contributed by atoms with van der Waals surface area (Å²) < 4.78 is 26.6. The molecule has 2 aromatic rings. The summed E-state index contributed by atoms with van der Waals surface area (Å²) in [6.45, 7) is 0.359. The van der Waals surface area contributed by atoms with Crippen LogP contribution in [0, 0.1) is 0 Å². The van der Waals surface area contributed by atoms with Crippen LogP contribution in [0.3, 0.4) is 0 Å². The number of hydrogen-bond donors (Lipinski definition) is 3. The number of sulfonamides is 1. The van der Waals surface area contributed by atoms with Gasteiger partial charge in [-0.2, -0.15) is 0 Å². The summed E-state index contributed by atoms with van der Waals surface area (Å²) in [4.78, 5) is 7.01. The number of aromatic nitrogens is 2. The molecule has 1 aromatic carbocycles. The summed E-state index contributed by atoms with van der Waals surface area (Å²) in [5.74, 6) is 0. The summed E-state index contributed by atoms with van der Waals surface area (Å²) in [6.07, 6.45) is 4.30. The molecule has 2 rings (SSSR count). The largest absolute Gasteiger partial charge is 0.396 e. The number of benzene rings is 1. The molecule has 0 amide bonds. The van der Waals surface area contributed by atoms with Crippen LogP contribution in [-0.2, 0) is 22.9 Å². The first-order valence-corrected chi connectivity index (χ1v) is 7.77. The van der Waals surface area contributed by atoms with Crippen LogP contribution in [0.1, 0.15) is 11.3 Å². The van der Waals surface area contributed by atoms with Crippen LogP contribution >= 0.6 is 0 Å². The fourth-order valence-corrected chi connectivity index (χ4v) is 2.82. The van der Waals surface area contributed by atoms with E-state index in [0.717, 1.165) is 11.3 Å². The molecule has 0 aliphatic carbocycles. The molecule has 0 unspecified atom stereocenters. The zero-order chi connectivity index (χ0) is 14.4. The summed E-state index contributed by atoms with van der Waals surface area (Å²) >= 11 is 0. The Kier molecular flexibility index (Phi) is 4.89. The Morgan fingerprint density at radius 2 is 1.95 bits per heavy atom. The van der Waals surface area contributed by atoms with Crippen LogP contribution in [0.4, 0.5) is 0 Å². The lowest BCUT2D eigenvalue weighted by atomic mass is 10.2. The fourth-order valence-electron chi connectivity index (χ4n) is 1.79. The molecule has 0 aliphatic rings. The van der Waals surface area contributed by atoms with Crippen LogP contribution in [0.5, 0.6) is 0 Å². The third-order valence-corrected chi connectivity index (χ3v) is 4.35. The van der Waals surface area contributed by atoms with Gasteiger partial charge in [0.15, 0.2) is 0 Å². The van der Waals surface area contributed by atoms with Crippen LogP contribution < -0.4 is 4.72 Å². The maximum absolute atomic E-state index is 12.0. The van der Waals surface area contributed by atoms with Gasteiger partial charge < -0.3 is 10.1 Å². The first-order valence-electron chi connectivity index (χ1n) is 6.28. The Balaban J connectivity index is 1.95. The lowest BCUT2D eigenvalue weighted by molar-refractivity contribution is 0.299. The molecule has 0 aliphatic heterocycles. The number of aliphatic hydroxyl groups excluding tert-OH is 1. The number of hydrogen-bond acceptors (Lipinski definition) is 4. The molecular weight excluding hydrogens is 278 g/mol. The van der Waals surface area contributed by atoms with E-state index < -0.39 is 10.0 Å².